The van der Waals surface area contributed by atoms with Gasteiger partial charge in [-0.05, 0) is 6.92 Å². The molecule has 0 aromatic carbocycles. The molecule has 4 nitrogen and oxygen atoms in total. The van der Waals surface area contributed by atoms with E-state index in [9.17, 15) is 31.5 Å². The lowest BCUT2D eigenvalue weighted by molar-refractivity contribution is -0.187. The summed E-state index contributed by atoms with van der Waals surface area (Å²) in [6.45, 7) is -2.52. The van der Waals surface area contributed by atoms with E-state index in [0.717, 1.165) is 0 Å². The maximum atomic E-state index is 12.8. The number of carbonyl (C=O) groups is 2. The van der Waals surface area contributed by atoms with Crippen LogP contribution in [0.4, 0.5) is 22.0 Å². The monoisotopic (exact) mass is 264 g/mol. The second-order valence-electron chi connectivity index (χ2n) is 2.83. The van der Waals surface area contributed by atoms with E-state index >= 15 is 0 Å². The summed E-state index contributed by atoms with van der Waals surface area (Å²) in [7, 11) is 0. The number of Topliss-reactive ketones (excluding diaryl/α,β-unsaturated/α-hetero) is 1. The first-order valence-electron chi connectivity index (χ1n) is 4.34. The molecule has 0 fully saturated rings. The lowest BCUT2D eigenvalue weighted by Crippen LogP contribution is -2.42. The van der Waals surface area contributed by atoms with Crippen molar-refractivity contribution in [1.82, 2.24) is 0 Å². The lowest BCUT2D eigenvalue weighted by Gasteiger charge is -2.13. The van der Waals surface area contributed by atoms with Gasteiger partial charge in [-0.25, -0.2) is 4.79 Å². The van der Waals surface area contributed by atoms with Gasteiger partial charge >= 0.3 is 18.1 Å². The Kier molecular flexibility index (Phi) is 5.46. The zero-order valence-corrected chi connectivity index (χ0v) is 8.64. The quantitative estimate of drug-likeness (QED) is 0.412. The van der Waals surface area contributed by atoms with Gasteiger partial charge in [0.05, 0.1) is 6.61 Å². The van der Waals surface area contributed by atoms with Crippen molar-refractivity contribution in [3.05, 3.63) is 0 Å². The minimum Gasteiger partial charge on any atom is -0.461 e. The maximum Gasteiger partial charge on any atom is 0.411 e. The van der Waals surface area contributed by atoms with Crippen LogP contribution in [0, 0.1) is 0 Å². The Bertz CT molecular complexity index is 286. The van der Waals surface area contributed by atoms with Crippen LogP contribution in [0.5, 0.6) is 0 Å². The summed E-state index contributed by atoms with van der Waals surface area (Å²) in [5.41, 5.74) is 0. The number of rotatable bonds is 6. The van der Waals surface area contributed by atoms with Crippen LogP contribution in [0.1, 0.15) is 6.92 Å². The summed E-state index contributed by atoms with van der Waals surface area (Å²) in [6, 6.07) is 0. The summed E-state index contributed by atoms with van der Waals surface area (Å²) in [5, 5.41) is 0. The van der Waals surface area contributed by atoms with Crippen molar-refractivity contribution in [2.45, 2.75) is 19.0 Å². The van der Waals surface area contributed by atoms with Crippen molar-refractivity contribution in [1.29, 1.82) is 0 Å². The molecule has 0 saturated heterocycles. The number of ketones is 1. The van der Waals surface area contributed by atoms with Crippen molar-refractivity contribution in [3.63, 3.8) is 0 Å². The number of hydrogen-bond donors (Lipinski definition) is 0. The van der Waals surface area contributed by atoms with Gasteiger partial charge < -0.3 is 9.47 Å². The number of carbonyl (C=O) groups excluding carboxylic acids is 2. The molecule has 0 radical (unpaired) electrons. The second kappa shape index (κ2) is 5.89. The third kappa shape index (κ3) is 5.57. The maximum absolute atomic E-state index is 12.8. The molecule has 0 aliphatic rings. The summed E-state index contributed by atoms with van der Waals surface area (Å²) in [4.78, 5) is 21.3. The topological polar surface area (TPSA) is 52.6 Å². The Morgan fingerprint density at radius 3 is 2.06 bits per heavy atom. The Morgan fingerprint density at radius 1 is 1.12 bits per heavy atom. The Hall–Kier alpha value is -1.25. The van der Waals surface area contributed by atoms with E-state index in [4.69, 9.17) is 0 Å². The van der Waals surface area contributed by atoms with Crippen LogP contribution in [0.15, 0.2) is 0 Å². The third-order valence-corrected chi connectivity index (χ3v) is 1.38. The summed E-state index contributed by atoms with van der Waals surface area (Å²) in [5.74, 6) is -8.69. The molecule has 0 unspecified atom stereocenters. The summed E-state index contributed by atoms with van der Waals surface area (Å²) < 4.78 is 68.0. The minimum atomic E-state index is -4.74. The third-order valence-electron chi connectivity index (χ3n) is 1.38. The van der Waals surface area contributed by atoms with Gasteiger partial charge in [-0.1, -0.05) is 0 Å². The predicted molar refractivity (Wildman–Crippen MR) is 43.5 cm³/mol. The van der Waals surface area contributed by atoms with Crippen LogP contribution in [0.3, 0.4) is 0 Å². The largest absolute Gasteiger partial charge is 0.461 e. The molecule has 0 aliphatic carbocycles. The van der Waals surface area contributed by atoms with E-state index in [-0.39, 0.29) is 6.61 Å². The zero-order valence-electron chi connectivity index (χ0n) is 8.64. The van der Waals surface area contributed by atoms with Crippen LogP contribution in [0.2, 0.25) is 0 Å². The van der Waals surface area contributed by atoms with E-state index in [1.54, 1.807) is 0 Å². The van der Waals surface area contributed by atoms with Gasteiger partial charge in [-0.3, -0.25) is 4.79 Å². The Balaban J connectivity index is 4.26. The minimum absolute atomic E-state index is 0.384. The van der Waals surface area contributed by atoms with E-state index in [0.29, 0.717) is 0 Å². The van der Waals surface area contributed by atoms with Gasteiger partial charge in [0.25, 0.3) is 0 Å². The summed E-state index contributed by atoms with van der Waals surface area (Å²) >= 11 is 0. The molecule has 9 heteroatoms. The second-order valence-corrected chi connectivity index (χ2v) is 2.83. The molecular weight excluding hydrogens is 255 g/mol. The molecule has 0 amide bonds. The van der Waals surface area contributed by atoms with E-state index < -0.39 is 37.1 Å². The van der Waals surface area contributed by atoms with Gasteiger partial charge in [-0.2, -0.15) is 22.0 Å². The Morgan fingerprint density at radius 2 is 1.65 bits per heavy atom. The van der Waals surface area contributed by atoms with E-state index in [2.05, 4.69) is 9.47 Å². The fourth-order valence-corrected chi connectivity index (χ4v) is 0.686. The molecule has 17 heavy (non-hydrogen) atoms. The number of alkyl halides is 5. The standard InChI is InChI=1S/C8H9F5O4/c1-2-17-6(15)8(12,13)5(14)3-16-4-7(9,10)11/h2-4H2,1H3. The summed E-state index contributed by atoms with van der Waals surface area (Å²) in [6.07, 6.45) is -4.74. The van der Waals surface area contributed by atoms with Crippen molar-refractivity contribution < 1.29 is 41.0 Å². The van der Waals surface area contributed by atoms with Crippen molar-refractivity contribution in [2.75, 3.05) is 19.8 Å². The normalized spacial score (nSPS) is 12.4. The van der Waals surface area contributed by atoms with Crippen LogP contribution in [-0.4, -0.2) is 43.7 Å². The highest BCUT2D eigenvalue weighted by atomic mass is 19.4. The van der Waals surface area contributed by atoms with Crippen LogP contribution in [0.25, 0.3) is 0 Å². The van der Waals surface area contributed by atoms with Crippen LogP contribution >= 0.6 is 0 Å². The molecule has 100 valence electrons. The van der Waals surface area contributed by atoms with Gasteiger partial charge in [-0.15, -0.1) is 0 Å². The first-order chi connectivity index (χ1) is 7.61. The van der Waals surface area contributed by atoms with Gasteiger partial charge in [0.15, 0.2) is 0 Å². The highest BCUT2D eigenvalue weighted by Crippen LogP contribution is 2.19. The predicted octanol–water partition coefficient (Wildman–Crippen LogP) is 1.33. The molecule has 0 aromatic heterocycles. The average Bonchev–Trinajstić information content (AvgIpc) is 2.15. The first-order valence-corrected chi connectivity index (χ1v) is 4.34. The molecule has 0 aliphatic heterocycles. The van der Waals surface area contributed by atoms with Gasteiger partial charge in [0.1, 0.15) is 13.2 Å². The van der Waals surface area contributed by atoms with Crippen molar-refractivity contribution in [3.8, 4) is 0 Å². The number of hydrogen-bond acceptors (Lipinski definition) is 4. The molecule has 0 bridgehead atoms. The molecule has 0 saturated carbocycles. The molecule has 0 aromatic rings. The fraction of sp³-hybridized carbons (Fsp3) is 0.750. The highest BCUT2D eigenvalue weighted by Gasteiger charge is 2.48. The van der Waals surface area contributed by atoms with Crippen molar-refractivity contribution in [2.24, 2.45) is 0 Å². The van der Waals surface area contributed by atoms with Crippen molar-refractivity contribution >= 4 is 11.8 Å². The highest BCUT2D eigenvalue weighted by molar-refractivity contribution is 6.05. The number of ether oxygens (including phenoxy) is 2. The fourth-order valence-electron chi connectivity index (χ4n) is 0.686. The number of esters is 1. The molecule has 0 N–H and O–H groups in total. The number of halogens is 5. The zero-order chi connectivity index (χ0) is 13.7. The Labute approximate surface area is 92.7 Å². The van der Waals surface area contributed by atoms with Crippen LogP contribution < -0.4 is 0 Å². The van der Waals surface area contributed by atoms with E-state index in [1.807, 2.05) is 0 Å². The molecular formula is C8H9F5O4. The average molecular weight is 264 g/mol. The molecule has 0 atom stereocenters. The van der Waals surface area contributed by atoms with Crippen LogP contribution in [-0.2, 0) is 19.1 Å². The SMILES string of the molecule is CCOC(=O)C(F)(F)C(=O)COCC(F)(F)F. The van der Waals surface area contributed by atoms with E-state index in [1.165, 1.54) is 6.92 Å². The molecule has 0 rings (SSSR count). The molecule has 0 spiro atoms. The molecule has 0 heterocycles. The lowest BCUT2D eigenvalue weighted by atomic mass is 10.2. The van der Waals surface area contributed by atoms with Gasteiger partial charge in [0, 0.05) is 0 Å². The van der Waals surface area contributed by atoms with Gasteiger partial charge in [0.2, 0.25) is 5.78 Å². The first kappa shape index (κ1) is 15.8. The smallest absolute Gasteiger partial charge is 0.411 e.